The molecule has 0 unspecified atom stereocenters. The second kappa shape index (κ2) is 7.33. The van der Waals surface area contributed by atoms with Crippen LogP contribution in [0.25, 0.3) is 10.9 Å². The van der Waals surface area contributed by atoms with Crippen LogP contribution in [0.1, 0.15) is 6.92 Å². The Morgan fingerprint density at radius 2 is 1.95 bits per heavy atom. The summed E-state index contributed by atoms with van der Waals surface area (Å²) in [6.45, 7) is 0.971. The van der Waals surface area contributed by atoms with Crippen molar-refractivity contribution in [3.63, 3.8) is 0 Å². The smallest absolute Gasteiger partial charge is 0.322 e. The van der Waals surface area contributed by atoms with E-state index in [2.05, 4.69) is 10.3 Å². The minimum absolute atomic E-state index is 0.296. The summed E-state index contributed by atoms with van der Waals surface area (Å²) in [6.07, 6.45) is 0. The third kappa shape index (κ3) is 5.83. The van der Waals surface area contributed by atoms with Gasteiger partial charge in [-0.1, -0.05) is 29.8 Å². The molecule has 1 amide bonds. The van der Waals surface area contributed by atoms with Gasteiger partial charge in [0.15, 0.2) is 0 Å². The third-order valence-corrected chi connectivity index (χ3v) is 2.26. The first-order valence-corrected chi connectivity index (χ1v) is 5.84. The van der Waals surface area contributed by atoms with Crippen molar-refractivity contribution in [2.24, 2.45) is 0 Å². The number of carbonyl (C=O) groups excluding carboxylic acids is 1. The molecule has 2 N–H and O–H groups in total. The molecule has 5 nitrogen and oxygen atoms in total. The van der Waals surface area contributed by atoms with Crippen molar-refractivity contribution in [3.8, 4) is 0 Å². The van der Waals surface area contributed by atoms with Gasteiger partial charge in [0.05, 0.1) is 5.52 Å². The van der Waals surface area contributed by atoms with Gasteiger partial charge in [0, 0.05) is 12.3 Å². The van der Waals surface area contributed by atoms with Crippen LogP contribution in [-0.2, 0) is 9.59 Å². The maximum Gasteiger partial charge on any atom is 0.322 e. The zero-order valence-corrected chi connectivity index (χ0v) is 11.0. The highest BCUT2D eigenvalue weighted by Crippen LogP contribution is 2.13. The van der Waals surface area contributed by atoms with Crippen molar-refractivity contribution >= 4 is 34.4 Å². The minimum atomic E-state index is -1.03. The van der Waals surface area contributed by atoms with Gasteiger partial charge in [-0.15, -0.1) is 0 Å². The molecule has 0 aliphatic carbocycles. The summed E-state index contributed by atoms with van der Waals surface area (Å²) in [7, 11) is 0. The first-order chi connectivity index (χ1) is 8.99. The van der Waals surface area contributed by atoms with Crippen molar-refractivity contribution in [1.29, 1.82) is 0 Å². The number of benzene rings is 1. The Kier molecular flexibility index (Phi) is 5.75. The van der Waals surface area contributed by atoms with E-state index in [0.29, 0.717) is 5.15 Å². The van der Waals surface area contributed by atoms with E-state index in [1.54, 1.807) is 6.07 Å². The monoisotopic (exact) mass is 280 g/mol. The number of amides is 1. The molecule has 1 heterocycles. The van der Waals surface area contributed by atoms with E-state index in [1.165, 1.54) is 6.92 Å². The largest absolute Gasteiger partial charge is 0.480 e. The molecule has 19 heavy (non-hydrogen) atoms. The van der Waals surface area contributed by atoms with Crippen LogP contribution in [0.2, 0.25) is 5.15 Å². The number of carboxylic acids is 1. The van der Waals surface area contributed by atoms with Gasteiger partial charge in [-0.25, -0.2) is 4.98 Å². The van der Waals surface area contributed by atoms with E-state index in [1.807, 2.05) is 30.3 Å². The number of halogens is 1. The standard InChI is InChI=1S/C9H6ClN.C4H7NO3/c10-9-6-5-7-3-1-2-4-8(7)11-9;1-3(6)5-2-4(7)8/h1-6H;2H2,1H3,(H,5,6)(H,7,8). The molecule has 0 bridgehead atoms. The summed E-state index contributed by atoms with van der Waals surface area (Å²) in [4.78, 5) is 23.8. The molecule has 2 rings (SSSR count). The zero-order valence-electron chi connectivity index (χ0n) is 10.3. The van der Waals surface area contributed by atoms with E-state index in [4.69, 9.17) is 16.7 Å². The Balaban J connectivity index is 0.000000203. The fourth-order valence-electron chi connectivity index (χ4n) is 1.24. The Morgan fingerprint density at radius 1 is 1.26 bits per heavy atom. The van der Waals surface area contributed by atoms with Crippen LogP contribution >= 0.6 is 11.6 Å². The molecule has 0 saturated heterocycles. The molecule has 0 aliphatic rings. The molecule has 0 fully saturated rings. The number of nitrogens with one attached hydrogen (secondary N) is 1. The van der Waals surface area contributed by atoms with Gasteiger partial charge in [0.1, 0.15) is 11.7 Å². The van der Waals surface area contributed by atoms with Crippen LogP contribution in [0.5, 0.6) is 0 Å². The molecule has 0 radical (unpaired) electrons. The Morgan fingerprint density at radius 3 is 2.53 bits per heavy atom. The zero-order chi connectivity index (χ0) is 14.3. The van der Waals surface area contributed by atoms with E-state index >= 15 is 0 Å². The summed E-state index contributed by atoms with van der Waals surface area (Å²) in [6, 6.07) is 11.7. The lowest BCUT2D eigenvalue weighted by atomic mass is 10.2. The maximum absolute atomic E-state index is 9.97. The highest BCUT2D eigenvalue weighted by atomic mass is 35.5. The average molecular weight is 281 g/mol. The molecule has 100 valence electrons. The number of carbonyl (C=O) groups is 2. The van der Waals surface area contributed by atoms with Gasteiger partial charge >= 0.3 is 5.97 Å². The van der Waals surface area contributed by atoms with E-state index in [0.717, 1.165) is 10.9 Å². The number of carboxylic acid groups (broad SMARTS) is 1. The highest BCUT2D eigenvalue weighted by Gasteiger charge is 1.94. The van der Waals surface area contributed by atoms with Crippen LogP contribution in [0, 0.1) is 0 Å². The second-order valence-electron chi connectivity index (χ2n) is 3.63. The van der Waals surface area contributed by atoms with Crippen LogP contribution in [0.3, 0.4) is 0 Å². The number of aromatic nitrogens is 1. The quantitative estimate of drug-likeness (QED) is 0.826. The number of nitrogens with zero attached hydrogens (tertiary/aromatic N) is 1. The number of hydrogen-bond acceptors (Lipinski definition) is 3. The molecule has 0 aliphatic heterocycles. The van der Waals surface area contributed by atoms with Crippen molar-refractivity contribution in [2.75, 3.05) is 6.54 Å². The molecule has 1 aromatic carbocycles. The van der Waals surface area contributed by atoms with Gasteiger partial charge in [-0.05, 0) is 18.2 Å². The van der Waals surface area contributed by atoms with E-state index in [-0.39, 0.29) is 12.5 Å². The van der Waals surface area contributed by atoms with Crippen molar-refractivity contribution in [1.82, 2.24) is 10.3 Å². The van der Waals surface area contributed by atoms with Crippen LogP contribution in [0.4, 0.5) is 0 Å². The number of pyridine rings is 1. The molecular weight excluding hydrogens is 268 g/mol. The minimum Gasteiger partial charge on any atom is -0.480 e. The molecular formula is C13H13ClN2O3. The molecule has 2 aromatic rings. The maximum atomic E-state index is 9.97. The molecule has 0 saturated carbocycles. The van der Waals surface area contributed by atoms with Gasteiger partial charge in [0.25, 0.3) is 0 Å². The number of hydrogen-bond donors (Lipinski definition) is 2. The first kappa shape index (κ1) is 14.9. The van der Waals surface area contributed by atoms with Crippen molar-refractivity contribution in [2.45, 2.75) is 6.92 Å². The van der Waals surface area contributed by atoms with Crippen molar-refractivity contribution in [3.05, 3.63) is 41.6 Å². The first-order valence-electron chi connectivity index (χ1n) is 5.46. The SMILES string of the molecule is CC(=O)NCC(=O)O.Clc1ccc2ccccc2n1. The molecule has 0 spiro atoms. The fourth-order valence-corrected chi connectivity index (χ4v) is 1.40. The van der Waals surface area contributed by atoms with E-state index in [9.17, 15) is 9.59 Å². The summed E-state index contributed by atoms with van der Waals surface area (Å²) in [5, 5.41) is 11.7. The number of fused-ring (bicyclic) bond motifs is 1. The summed E-state index contributed by atoms with van der Waals surface area (Å²) in [5.41, 5.74) is 0.944. The predicted molar refractivity (Wildman–Crippen MR) is 73.1 cm³/mol. The van der Waals surface area contributed by atoms with Crippen LogP contribution in [0.15, 0.2) is 36.4 Å². The topological polar surface area (TPSA) is 79.3 Å². The molecule has 1 aromatic heterocycles. The number of para-hydroxylation sites is 1. The Hall–Kier alpha value is -2.14. The second-order valence-corrected chi connectivity index (χ2v) is 4.02. The summed E-state index contributed by atoms with van der Waals surface area (Å²) in [5.74, 6) is -1.35. The highest BCUT2D eigenvalue weighted by molar-refractivity contribution is 6.29. The molecule has 0 atom stereocenters. The third-order valence-electron chi connectivity index (χ3n) is 2.05. The van der Waals surface area contributed by atoms with Gasteiger partial charge in [-0.2, -0.15) is 0 Å². The molecule has 6 heteroatoms. The van der Waals surface area contributed by atoms with Gasteiger partial charge in [-0.3, -0.25) is 9.59 Å². The van der Waals surface area contributed by atoms with Gasteiger partial charge in [0.2, 0.25) is 5.91 Å². The number of aliphatic carboxylic acids is 1. The average Bonchev–Trinajstić information content (AvgIpc) is 2.37. The lowest BCUT2D eigenvalue weighted by Gasteiger charge is -1.94. The summed E-state index contributed by atoms with van der Waals surface area (Å²) >= 11 is 5.71. The number of rotatable bonds is 2. The van der Waals surface area contributed by atoms with Crippen LogP contribution < -0.4 is 5.32 Å². The van der Waals surface area contributed by atoms with Crippen LogP contribution in [-0.4, -0.2) is 28.5 Å². The van der Waals surface area contributed by atoms with Gasteiger partial charge < -0.3 is 10.4 Å². The lowest BCUT2D eigenvalue weighted by molar-refractivity contribution is -0.137. The van der Waals surface area contributed by atoms with E-state index < -0.39 is 5.97 Å². The van der Waals surface area contributed by atoms with Crippen molar-refractivity contribution < 1.29 is 14.7 Å². The summed E-state index contributed by atoms with van der Waals surface area (Å²) < 4.78 is 0. The lowest BCUT2D eigenvalue weighted by Crippen LogP contribution is -2.26. The fraction of sp³-hybridized carbons (Fsp3) is 0.154. The Labute approximate surface area is 115 Å². The predicted octanol–water partition coefficient (Wildman–Crippen LogP) is 2.10. The Bertz CT molecular complexity index is 573. The normalized spacial score (nSPS) is 9.37.